The molecular weight excluding hydrogens is 352 g/mol. The molecule has 4 rings (SSSR count). The molecule has 5 heteroatoms. The van der Waals surface area contributed by atoms with E-state index >= 15 is 0 Å². The molecule has 1 aliphatic heterocycles. The molecular formula is C23H22N2O3. The van der Waals surface area contributed by atoms with Crippen molar-refractivity contribution in [3.8, 4) is 5.75 Å². The van der Waals surface area contributed by atoms with Gasteiger partial charge in [0.2, 0.25) is 5.91 Å². The zero-order chi connectivity index (χ0) is 19.5. The molecule has 5 nitrogen and oxygen atoms in total. The highest BCUT2D eigenvalue weighted by Crippen LogP contribution is 2.23. The Hall–Kier alpha value is -3.34. The van der Waals surface area contributed by atoms with Gasteiger partial charge < -0.3 is 15.0 Å². The first-order valence-electron chi connectivity index (χ1n) is 9.39. The van der Waals surface area contributed by atoms with Gasteiger partial charge in [-0.2, -0.15) is 0 Å². The zero-order valence-electron chi connectivity index (χ0n) is 15.8. The van der Waals surface area contributed by atoms with Crippen LogP contribution in [0.4, 0.5) is 5.69 Å². The first kappa shape index (κ1) is 18.0. The van der Waals surface area contributed by atoms with Gasteiger partial charge in [0.25, 0.3) is 5.91 Å². The minimum absolute atomic E-state index is 0.116. The molecule has 0 spiro atoms. The van der Waals surface area contributed by atoms with E-state index in [-0.39, 0.29) is 11.8 Å². The van der Waals surface area contributed by atoms with E-state index in [0.717, 1.165) is 34.2 Å². The average molecular weight is 374 g/mol. The van der Waals surface area contributed by atoms with E-state index in [1.54, 1.807) is 24.1 Å². The average Bonchev–Trinajstić information content (AvgIpc) is 3.17. The molecule has 0 aliphatic carbocycles. The summed E-state index contributed by atoms with van der Waals surface area (Å²) in [6, 6.07) is 19.3. The number of nitrogens with zero attached hydrogens (tertiary/aromatic N) is 1. The quantitative estimate of drug-likeness (QED) is 0.737. The van der Waals surface area contributed by atoms with Crippen molar-refractivity contribution in [2.45, 2.75) is 19.4 Å². The van der Waals surface area contributed by atoms with Crippen LogP contribution in [-0.2, 0) is 11.3 Å². The van der Waals surface area contributed by atoms with E-state index in [2.05, 4.69) is 11.4 Å². The van der Waals surface area contributed by atoms with E-state index in [0.29, 0.717) is 25.1 Å². The van der Waals surface area contributed by atoms with E-state index in [9.17, 15) is 9.59 Å². The van der Waals surface area contributed by atoms with Crippen LogP contribution in [0.3, 0.4) is 0 Å². The van der Waals surface area contributed by atoms with Crippen LogP contribution < -0.4 is 15.0 Å². The van der Waals surface area contributed by atoms with E-state index in [4.69, 9.17) is 4.74 Å². The molecule has 0 unspecified atom stereocenters. The Morgan fingerprint density at radius 2 is 1.89 bits per heavy atom. The smallest absolute Gasteiger partial charge is 0.251 e. The van der Waals surface area contributed by atoms with Crippen LogP contribution in [0.2, 0.25) is 0 Å². The summed E-state index contributed by atoms with van der Waals surface area (Å²) >= 11 is 0. The summed E-state index contributed by atoms with van der Waals surface area (Å²) in [5.41, 5.74) is 2.37. The summed E-state index contributed by atoms with van der Waals surface area (Å²) in [6.45, 7) is 1.15. The number of carbonyl (C=O) groups excluding carboxylic acids is 2. The molecule has 0 radical (unpaired) electrons. The highest BCUT2D eigenvalue weighted by Gasteiger charge is 2.22. The van der Waals surface area contributed by atoms with Gasteiger partial charge in [-0.3, -0.25) is 9.59 Å². The van der Waals surface area contributed by atoms with Crippen LogP contribution in [-0.4, -0.2) is 25.5 Å². The topological polar surface area (TPSA) is 58.6 Å². The third-order valence-electron chi connectivity index (χ3n) is 5.06. The maximum absolute atomic E-state index is 12.6. The Morgan fingerprint density at radius 1 is 1.07 bits per heavy atom. The number of methoxy groups -OCH3 is 1. The van der Waals surface area contributed by atoms with Crippen molar-refractivity contribution in [1.29, 1.82) is 0 Å². The number of nitrogens with one attached hydrogen (secondary N) is 1. The van der Waals surface area contributed by atoms with Crippen molar-refractivity contribution < 1.29 is 14.3 Å². The van der Waals surface area contributed by atoms with Crippen LogP contribution in [0.15, 0.2) is 60.7 Å². The molecule has 1 N–H and O–H groups in total. The van der Waals surface area contributed by atoms with E-state index in [1.165, 1.54) is 0 Å². The number of hydrogen-bond donors (Lipinski definition) is 1. The summed E-state index contributed by atoms with van der Waals surface area (Å²) in [7, 11) is 1.65. The number of anilines is 1. The Morgan fingerprint density at radius 3 is 2.68 bits per heavy atom. The minimum atomic E-state index is -0.150. The largest absolute Gasteiger partial charge is 0.497 e. The van der Waals surface area contributed by atoms with Gasteiger partial charge >= 0.3 is 0 Å². The Kier molecular flexibility index (Phi) is 4.98. The van der Waals surface area contributed by atoms with Crippen molar-refractivity contribution in [1.82, 2.24) is 5.32 Å². The number of carbonyl (C=O) groups is 2. The molecule has 3 aromatic carbocycles. The molecule has 0 aromatic heterocycles. The lowest BCUT2D eigenvalue weighted by Gasteiger charge is -2.16. The summed E-state index contributed by atoms with van der Waals surface area (Å²) in [5.74, 6) is 0.790. The number of fused-ring (bicyclic) bond motifs is 1. The summed E-state index contributed by atoms with van der Waals surface area (Å²) in [5, 5.41) is 5.16. The second-order valence-corrected chi connectivity index (χ2v) is 6.93. The summed E-state index contributed by atoms with van der Waals surface area (Å²) in [4.78, 5) is 26.3. The monoisotopic (exact) mass is 374 g/mol. The van der Waals surface area contributed by atoms with Crippen LogP contribution >= 0.6 is 0 Å². The maximum Gasteiger partial charge on any atom is 0.251 e. The molecule has 1 heterocycles. The predicted molar refractivity (Wildman–Crippen MR) is 110 cm³/mol. The standard InChI is InChI=1S/C23H22N2O3/c1-28-21-10-9-17-12-16(7-8-18(17)14-21)15-24-23(27)19-4-2-5-20(13-19)25-11-3-6-22(25)26/h2,4-5,7-10,12-14H,3,6,11,15H2,1H3,(H,24,27). The van der Waals surface area contributed by atoms with Crippen molar-refractivity contribution in [3.05, 3.63) is 71.8 Å². The SMILES string of the molecule is COc1ccc2cc(CNC(=O)c3cccc(N4CCCC4=O)c3)ccc2c1. The molecule has 1 fully saturated rings. The zero-order valence-corrected chi connectivity index (χ0v) is 15.8. The van der Waals surface area contributed by atoms with Gasteiger partial charge in [-0.15, -0.1) is 0 Å². The van der Waals surface area contributed by atoms with Crippen molar-refractivity contribution >= 4 is 28.3 Å². The molecule has 1 aliphatic rings. The molecule has 0 atom stereocenters. The minimum Gasteiger partial charge on any atom is -0.497 e. The fourth-order valence-corrected chi connectivity index (χ4v) is 3.53. The van der Waals surface area contributed by atoms with Gasteiger partial charge in [0.15, 0.2) is 0 Å². The lowest BCUT2D eigenvalue weighted by molar-refractivity contribution is -0.117. The van der Waals surface area contributed by atoms with Gasteiger partial charge in [0.05, 0.1) is 7.11 Å². The molecule has 1 saturated heterocycles. The van der Waals surface area contributed by atoms with Gasteiger partial charge in [0, 0.05) is 30.8 Å². The lowest BCUT2D eigenvalue weighted by Crippen LogP contribution is -2.25. The summed E-state index contributed by atoms with van der Waals surface area (Å²) in [6.07, 6.45) is 1.44. The third-order valence-corrected chi connectivity index (χ3v) is 5.06. The number of ether oxygens (including phenoxy) is 1. The predicted octanol–water partition coefficient (Wildman–Crippen LogP) is 3.91. The molecule has 2 amide bonds. The fourth-order valence-electron chi connectivity index (χ4n) is 3.53. The number of rotatable bonds is 5. The Labute approximate surface area is 163 Å². The van der Waals surface area contributed by atoms with Gasteiger partial charge in [-0.05, 0) is 59.2 Å². The second kappa shape index (κ2) is 7.72. The highest BCUT2D eigenvalue weighted by molar-refractivity contribution is 5.99. The number of amides is 2. The van der Waals surface area contributed by atoms with Gasteiger partial charge in [-0.25, -0.2) is 0 Å². The molecule has 0 saturated carbocycles. The molecule has 0 bridgehead atoms. The van der Waals surface area contributed by atoms with Crippen LogP contribution in [0.5, 0.6) is 5.75 Å². The highest BCUT2D eigenvalue weighted by atomic mass is 16.5. The van der Waals surface area contributed by atoms with Gasteiger partial charge in [0.1, 0.15) is 5.75 Å². The van der Waals surface area contributed by atoms with Crippen LogP contribution in [0.25, 0.3) is 10.8 Å². The molecule has 142 valence electrons. The normalized spacial score (nSPS) is 13.8. The van der Waals surface area contributed by atoms with Gasteiger partial charge in [-0.1, -0.05) is 24.3 Å². The summed E-state index contributed by atoms with van der Waals surface area (Å²) < 4.78 is 5.25. The van der Waals surface area contributed by atoms with Crippen molar-refractivity contribution in [3.63, 3.8) is 0 Å². The third kappa shape index (κ3) is 3.69. The van der Waals surface area contributed by atoms with E-state index < -0.39 is 0 Å². The Balaban J connectivity index is 1.45. The second-order valence-electron chi connectivity index (χ2n) is 6.93. The van der Waals surface area contributed by atoms with Crippen LogP contribution in [0, 0.1) is 0 Å². The lowest BCUT2D eigenvalue weighted by atomic mass is 10.1. The number of hydrogen-bond acceptors (Lipinski definition) is 3. The Bertz CT molecular complexity index is 1040. The van der Waals surface area contributed by atoms with Crippen LogP contribution in [0.1, 0.15) is 28.8 Å². The van der Waals surface area contributed by atoms with Crippen molar-refractivity contribution in [2.75, 3.05) is 18.6 Å². The first-order valence-corrected chi connectivity index (χ1v) is 9.39. The van der Waals surface area contributed by atoms with E-state index in [1.807, 2.05) is 42.5 Å². The molecule has 3 aromatic rings. The fraction of sp³-hybridized carbons (Fsp3) is 0.217. The van der Waals surface area contributed by atoms with Crippen molar-refractivity contribution in [2.24, 2.45) is 0 Å². The first-order chi connectivity index (χ1) is 13.6. The molecule has 28 heavy (non-hydrogen) atoms. The maximum atomic E-state index is 12.6. The number of benzene rings is 3.